The van der Waals surface area contributed by atoms with Crippen molar-refractivity contribution in [3.05, 3.63) is 33.8 Å². The van der Waals surface area contributed by atoms with Crippen LogP contribution in [0.4, 0.5) is 4.79 Å². The van der Waals surface area contributed by atoms with Crippen LogP contribution in [-0.4, -0.2) is 47.7 Å². The van der Waals surface area contributed by atoms with Crippen molar-refractivity contribution in [3.63, 3.8) is 0 Å². The molecular formula is C19H26Cl2N2O4. The summed E-state index contributed by atoms with van der Waals surface area (Å²) in [5, 5.41) is 13.3. The molecule has 1 aromatic carbocycles. The van der Waals surface area contributed by atoms with Crippen LogP contribution in [0.1, 0.15) is 39.4 Å². The number of hydrogen-bond acceptors (Lipinski definition) is 3. The topological polar surface area (TPSA) is 78.9 Å². The molecule has 0 bridgehead atoms. The fraction of sp³-hybridized carbons (Fsp3) is 0.579. The van der Waals surface area contributed by atoms with Gasteiger partial charge in [0, 0.05) is 25.9 Å². The summed E-state index contributed by atoms with van der Waals surface area (Å²) in [7, 11) is 0. The van der Waals surface area contributed by atoms with Crippen molar-refractivity contribution in [1.82, 2.24) is 10.2 Å². The molecule has 6 nitrogen and oxygen atoms in total. The smallest absolute Gasteiger partial charge is 0.407 e. The summed E-state index contributed by atoms with van der Waals surface area (Å²) in [5.74, 6) is -0.448. The van der Waals surface area contributed by atoms with Gasteiger partial charge in [-0.2, -0.15) is 0 Å². The molecule has 0 aromatic heterocycles. The zero-order valence-electron chi connectivity index (χ0n) is 16.0. The lowest BCUT2D eigenvalue weighted by molar-refractivity contribution is -0.119. The fourth-order valence-electron chi connectivity index (χ4n) is 3.11. The van der Waals surface area contributed by atoms with Crippen molar-refractivity contribution in [2.75, 3.05) is 19.6 Å². The zero-order valence-corrected chi connectivity index (χ0v) is 17.5. The van der Waals surface area contributed by atoms with Crippen molar-refractivity contribution in [2.45, 2.75) is 39.9 Å². The molecule has 0 aliphatic carbocycles. The predicted octanol–water partition coefficient (Wildman–Crippen LogP) is 4.21. The molecule has 27 heavy (non-hydrogen) atoms. The lowest BCUT2D eigenvalue weighted by Gasteiger charge is -2.34. The van der Waals surface area contributed by atoms with E-state index >= 15 is 0 Å². The lowest BCUT2D eigenvalue weighted by atomic mass is 9.88. The maximum absolute atomic E-state index is 11.7. The highest BCUT2D eigenvalue weighted by Crippen LogP contribution is 2.38. The van der Waals surface area contributed by atoms with Crippen LogP contribution < -0.4 is 5.32 Å². The molecule has 2 amide bonds. The molecule has 0 spiro atoms. The van der Waals surface area contributed by atoms with E-state index in [0.29, 0.717) is 16.6 Å². The predicted molar refractivity (Wildman–Crippen MR) is 105 cm³/mol. The van der Waals surface area contributed by atoms with E-state index in [9.17, 15) is 14.7 Å². The molecule has 3 unspecified atom stereocenters. The molecule has 1 fully saturated rings. The molecule has 0 radical (unpaired) electrons. The molecule has 8 heteroatoms. The van der Waals surface area contributed by atoms with Crippen molar-refractivity contribution in [3.8, 4) is 0 Å². The van der Waals surface area contributed by atoms with Gasteiger partial charge in [-0.25, -0.2) is 4.79 Å². The lowest BCUT2D eigenvalue weighted by Crippen LogP contribution is -2.42. The Morgan fingerprint density at radius 3 is 2.44 bits per heavy atom. The van der Waals surface area contributed by atoms with Gasteiger partial charge in [0.15, 0.2) is 0 Å². The van der Waals surface area contributed by atoms with Gasteiger partial charge in [-0.15, -0.1) is 0 Å². The quantitative estimate of drug-likeness (QED) is 0.772. The van der Waals surface area contributed by atoms with Crippen molar-refractivity contribution in [1.29, 1.82) is 0 Å². The SMILES string of the molecule is CC(=O)NCC1CN(C(=O)O)CC(C(C)(C)C)OC1c1ccc(Cl)c(Cl)c1. The van der Waals surface area contributed by atoms with E-state index in [4.69, 9.17) is 27.9 Å². The number of rotatable bonds is 3. The normalized spacial score (nSPS) is 23.6. The van der Waals surface area contributed by atoms with E-state index in [1.807, 2.05) is 26.8 Å². The standard InChI is InChI=1S/C19H26Cl2N2O4/c1-11(24)22-8-13-9-23(18(25)26)10-16(19(2,3)4)27-17(13)12-5-6-14(20)15(21)7-12/h5-7,13,16-17H,8-10H2,1-4H3,(H,22,24)(H,25,26). The first-order valence-corrected chi connectivity index (χ1v) is 9.57. The summed E-state index contributed by atoms with van der Waals surface area (Å²) in [5.41, 5.74) is 0.534. The monoisotopic (exact) mass is 416 g/mol. The van der Waals surface area contributed by atoms with Crippen molar-refractivity contribution < 1.29 is 19.4 Å². The number of carbonyl (C=O) groups is 2. The number of ether oxygens (including phenoxy) is 1. The second-order valence-electron chi connectivity index (χ2n) is 7.97. The van der Waals surface area contributed by atoms with Gasteiger partial charge < -0.3 is 20.1 Å². The van der Waals surface area contributed by atoms with Gasteiger partial charge in [-0.3, -0.25) is 4.79 Å². The number of nitrogens with one attached hydrogen (secondary N) is 1. The van der Waals surface area contributed by atoms with Crippen LogP contribution in [0.25, 0.3) is 0 Å². The average molecular weight is 417 g/mol. The zero-order chi connectivity index (χ0) is 20.4. The Bertz CT molecular complexity index is 705. The second kappa shape index (κ2) is 8.67. The average Bonchev–Trinajstić information content (AvgIpc) is 2.75. The van der Waals surface area contributed by atoms with Gasteiger partial charge in [-0.05, 0) is 23.1 Å². The number of benzene rings is 1. The third-order valence-electron chi connectivity index (χ3n) is 4.70. The molecule has 2 N–H and O–H groups in total. The van der Waals surface area contributed by atoms with Gasteiger partial charge in [0.1, 0.15) is 0 Å². The minimum absolute atomic E-state index is 0.179. The molecular weight excluding hydrogens is 391 g/mol. The maximum atomic E-state index is 11.7. The summed E-state index contributed by atoms with van der Waals surface area (Å²) in [4.78, 5) is 24.5. The van der Waals surface area contributed by atoms with Gasteiger partial charge in [0.25, 0.3) is 0 Å². The summed E-state index contributed by atoms with van der Waals surface area (Å²) < 4.78 is 6.42. The highest BCUT2D eigenvalue weighted by atomic mass is 35.5. The Morgan fingerprint density at radius 1 is 1.26 bits per heavy atom. The summed E-state index contributed by atoms with van der Waals surface area (Å²) in [6, 6.07) is 5.27. The van der Waals surface area contributed by atoms with E-state index in [-0.39, 0.29) is 36.4 Å². The van der Waals surface area contributed by atoms with Crippen LogP contribution in [0.15, 0.2) is 18.2 Å². The number of carbonyl (C=O) groups excluding carboxylic acids is 1. The Labute approximate surface area is 169 Å². The molecule has 150 valence electrons. The highest BCUT2D eigenvalue weighted by molar-refractivity contribution is 6.42. The number of hydrogen-bond donors (Lipinski definition) is 2. The number of amides is 2. The molecule has 1 saturated heterocycles. The summed E-state index contributed by atoms with van der Waals surface area (Å²) in [6.07, 6.45) is -1.76. The molecule has 1 aliphatic heterocycles. The van der Waals surface area contributed by atoms with E-state index in [0.717, 1.165) is 5.56 Å². The van der Waals surface area contributed by atoms with Crippen LogP contribution >= 0.6 is 23.2 Å². The summed E-state index contributed by atoms with van der Waals surface area (Å²) in [6.45, 7) is 8.26. The molecule has 2 rings (SSSR count). The Kier molecular flexibility index (Phi) is 7.00. The number of carboxylic acid groups (broad SMARTS) is 1. The molecule has 1 heterocycles. The number of nitrogens with zero attached hydrogens (tertiary/aromatic N) is 1. The van der Waals surface area contributed by atoms with Gasteiger partial charge in [0.2, 0.25) is 5.91 Å². The van der Waals surface area contributed by atoms with Crippen molar-refractivity contribution >= 4 is 35.2 Å². The van der Waals surface area contributed by atoms with Crippen LogP contribution in [0.5, 0.6) is 0 Å². The Balaban J connectivity index is 2.45. The molecule has 1 aromatic rings. The first kappa shape index (κ1) is 21.8. The third-order valence-corrected chi connectivity index (χ3v) is 5.44. The third kappa shape index (κ3) is 5.74. The first-order chi connectivity index (χ1) is 12.5. The Hall–Kier alpha value is -1.50. The summed E-state index contributed by atoms with van der Waals surface area (Å²) >= 11 is 12.2. The minimum atomic E-state index is -1.00. The van der Waals surface area contributed by atoms with Crippen LogP contribution in [0, 0.1) is 11.3 Å². The maximum Gasteiger partial charge on any atom is 0.407 e. The van der Waals surface area contributed by atoms with E-state index in [1.165, 1.54) is 11.8 Å². The molecule has 3 atom stereocenters. The first-order valence-electron chi connectivity index (χ1n) is 8.81. The number of halogens is 2. The second-order valence-corrected chi connectivity index (χ2v) is 8.78. The van der Waals surface area contributed by atoms with E-state index in [1.54, 1.807) is 12.1 Å². The van der Waals surface area contributed by atoms with Crippen LogP contribution in [0.2, 0.25) is 10.0 Å². The minimum Gasteiger partial charge on any atom is -0.465 e. The van der Waals surface area contributed by atoms with Crippen LogP contribution in [0.3, 0.4) is 0 Å². The van der Waals surface area contributed by atoms with Gasteiger partial charge in [0.05, 0.1) is 28.8 Å². The fourth-order valence-corrected chi connectivity index (χ4v) is 3.41. The molecule has 1 aliphatic rings. The van der Waals surface area contributed by atoms with Crippen LogP contribution in [-0.2, 0) is 9.53 Å². The van der Waals surface area contributed by atoms with Crippen molar-refractivity contribution in [2.24, 2.45) is 11.3 Å². The largest absolute Gasteiger partial charge is 0.465 e. The van der Waals surface area contributed by atoms with Gasteiger partial charge in [-0.1, -0.05) is 50.0 Å². The van der Waals surface area contributed by atoms with E-state index < -0.39 is 12.2 Å². The Morgan fingerprint density at radius 2 is 1.93 bits per heavy atom. The van der Waals surface area contributed by atoms with E-state index in [2.05, 4.69) is 5.32 Å². The van der Waals surface area contributed by atoms with Gasteiger partial charge >= 0.3 is 6.09 Å². The highest BCUT2D eigenvalue weighted by Gasteiger charge is 2.39. The molecule has 0 saturated carbocycles.